The molecule has 4 nitrogen and oxygen atoms in total. The van der Waals surface area contributed by atoms with E-state index in [2.05, 4.69) is 50.2 Å². The van der Waals surface area contributed by atoms with Crippen LogP contribution in [0.4, 0.5) is 5.69 Å². The van der Waals surface area contributed by atoms with E-state index in [1.165, 1.54) is 16.9 Å². The first kappa shape index (κ1) is 24.2. The molecule has 0 bridgehead atoms. The van der Waals surface area contributed by atoms with Gasteiger partial charge in [0, 0.05) is 16.8 Å². The summed E-state index contributed by atoms with van der Waals surface area (Å²) in [4.78, 5) is 28.5. The molecule has 1 fully saturated rings. The first-order valence-electron chi connectivity index (χ1n) is 12.1. The summed E-state index contributed by atoms with van der Waals surface area (Å²) in [6.45, 7) is 8.23. The molecular formula is C29H33NO3S. The fourth-order valence-electron chi connectivity index (χ4n) is 4.78. The van der Waals surface area contributed by atoms with E-state index in [1.807, 2.05) is 32.0 Å². The largest absolute Gasteiger partial charge is 0.477 e. The summed E-state index contributed by atoms with van der Waals surface area (Å²) < 4.78 is 0. The Bertz CT molecular complexity index is 1150. The molecule has 178 valence electrons. The highest BCUT2D eigenvalue weighted by molar-refractivity contribution is 7.18. The summed E-state index contributed by atoms with van der Waals surface area (Å²) in [6.07, 6.45) is 3.86. The smallest absolute Gasteiger partial charge is 0.348 e. The lowest BCUT2D eigenvalue weighted by molar-refractivity contribution is -0.123. The second-order valence-corrected chi connectivity index (χ2v) is 10.9. The number of aromatic carboxylic acids is 1. The van der Waals surface area contributed by atoms with Gasteiger partial charge in [-0.2, -0.15) is 0 Å². The van der Waals surface area contributed by atoms with Gasteiger partial charge in [-0.1, -0.05) is 61.0 Å². The third-order valence-corrected chi connectivity index (χ3v) is 8.00. The van der Waals surface area contributed by atoms with Gasteiger partial charge in [0.15, 0.2) is 0 Å². The number of carboxylic acid groups (broad SMARTS) is 1. The van der Waals surface area contributed by atoms with Crippen LogP contribution in [-0.2, 0) is 4.79 Å². The number of carbonyl (C=O) groups excluding carboxylic acids is 1. The zero-order valence-corrected chi connectivity index (χ0v) is 21.2. The van der Waals surface area contributed by atoms with E-state index >= 15 is 0 Å². The van der Waals surface area contributed by atoms with Crippen molar-refractivity contribution in [3.63, 3.8) is 0 Å². The minimum Gasteiger partial charge on any atom is -0.477 e. The monoisotopic (exact) mass is 475 g/mol. The van der Waals surface area contributed by atoms with Gasteiger partial charge < -0.3 is 10.0 Å². The van der Waals surface area contributed by atoms with E-state index in [1.54, 1.807) is 4.90 Å². The fraction of sp³-hybridized carbons (Fsp3) is 0.379. The summed E-state index contributed by atoms with van der Waals surface area (Å²) in [7, 11) is 0. The molecule has 4 rings (SSSR count). The van der Waals surface area contributed by atoms with Crippen LogP contribution in [0.1, 0.15) is 61.7 Å². The lowest BCUT2D eigenvalue weighted by Crippen LogP contribution is -2.42. The number of hydrogen-bond acceptors (Lipinski definition) is 3. The summed E-state index contributed by atoms with van der Waals surface area (Å²) in [5.41, 5.74) is 4.96. The molecule has 1 amide bonds. The van der Waals surface area contributed by atoms with E-state index in [9.17, 15) is 14.7 Å². The quantitative estimate of drug-likeness (QED) is 0.398. The zero-order chi connectivity index (χ0) is 24.4. The molecule has 2 aromatic carbocycles. The summed E-state index contributed by atoms with van der Waals surface area (Å²) in [6, 6.07) is 18.4. The molecule has 1 heterocycles. The van der Waals surface area contributed by atoms with Gasteiger partial charge in [0.25, 0.3) is 0 Å². The fourth-order valence-corrected chi connectivity index (χ4v) is 5.78. The third kappa shape index (κ3) is 5.10. The second-order valence-electron chi connectivity index (χ2n) is 9.83. The van der Waals surface area contributed by atoms with Crippen LogP contribution < -0.4 is 4.90 Å². The molecule has 0 radical (unpaired) electrons. The molecule has 1 aromatic heterocycles. The van der Waals surface area contributed by atoms with Crippen LogP contribution in [0.2, 0.25) is 0 Å². The molecule has 1 saturated carbocycles. The molecule has 0 spiro atoms. The molecule has 1 aliphatic rings. The molecule has 3 aromatic rings. The predicted octanol–water partition coefficient (Wildman–Crippen LogP) is 7.66. The topological polar surface area (TPSA) is 57.6 Å². The van der Waals surface area contributed by atoms with E-state index in [4.69, 9.17) is 0 Å². The lowest BCUT2D eigenvalue weighted by atomic mass is 9.82. The third-order valence-electron chi connectivity index (χ3n) is 6.84. The Hall–Kier alpha value is -2.92. The van der Waals surface area contributed by atoms with Crippen LogP contribution in [0, 0.1) is 18.8 Å². The van der Waals surface area contributed by atoms with Gasteiger partial charge in [0.05, 0.1) is 5.69 Å². The standard InChI is InChI=1S/C29H33NO3S/c1-18(2)30(28(31)24-11-7-20(4)8-12-24)25-17-26(34-27(25)29(32)33)23-15-13-22(14-16-23)21-9-5-19(3)6-10-21/h5-6,9-10,13-18,20,24H,7-8,11-12H2,1-4H3,(H,32,33). The van der Waals surface area contributed by atoms with Gasteiger partial charge in [0.2, 0.25) is 5.91 Å². The Morgan fingerprint density at radius 3 is 1.97 bits per heavy atom. The van der Waals surface area contributed by atoms with Crippen molar-refractivity contribution in [3.05, 3.63) is 65.0 Å². The summed E-state index contributed by atoms with van der Waals surface area (Å²) in [5.74, 6) is -0.305. The number of thiophene rings is 1. The van der Waals surface area contributed by atoms with Gasteiger partial charge in [0.1, 0.15) is 4.88 Å². The van der Waals surface area contributed by atoms with Gasteiger partial charge >= 0.3 is 5.97 Å². The Morgan fingerprint density at radius 2 is 1.44 bits per heavy atom. The zero-order valence-electron chi connectivity index (χ0n) is 20.4. The molecule has 0 atom stereocenters. The minimum atomic E-state index is -0.988. The number of amides is 1. The Balaban J connectivity index is 1.66. The highest BCUT2D eigenvalue weighted by Crippen LogP contribution is 2.40. The highest BCUT2D eigenvalue weighted by Gasteiger charge is 2.33. The normalized spacial score (nSPS) is 18.1. The van der Waals surface area contributed by atoms with E-state index in [0.717, 1.165) is 47.3 Å². The maximum Gasteiger partial charge on any atom is 0.348 e. The van der Waals surface area contributed by atoms with Crippen LogP contribution in [-0.4, -0.2) is 23.0 Å². The number of nitrogens with zero attached hydrogens (tertiary/aromatic N) is 1. The maximum absolute atomic E-state index is 13.5. The van der Waals surface area contributed by atoms with Crippen molar-refractivity contribution in [2.24, 2.45) is 11.8 Å². The van der Waals surface area contributed by atoms with Crippen molar-refractivity contribution < 1.29 is 14.7 Å². The van der Waals surface area contributed by atoms with Crippen molar-refractivity contribution in [1.29, 1.82) is 0 Å². The minimum absolute atomic E-state index is 0.0302. The van der Waals surface area contributed by atoms with Gasteiger partial charge in [-0.25, -0.2) is 4.79 Å². The molecule has 1 N–H and O–H groups in total. The molecule has 0 unspecified atom stereocenters. The molecule has 34 heavy (non-hydrogen) atoms. The van der Waals surface area contributed by atoms with Crippen molar-refractivity contribution >= 4 is 28.9 Å². The number of carboxylic acids is 1. The van der Waals surface area contributed by atoms with Crippen molar-refractivity contribution in [2.75, 3.05) is 4.90 Å². The highest BCUT2D eigenvalue weighted by atomic mass is 32.1. The molecule has 0 saturated heterocycles. The summed E-state index contributed by atoms with van der Waals surface area (Å²) >= 11 is 1.24. The van der Waals surface area contributed by atoms with Gasteiger partial charge in [-0.05, 0) is 75.1 Å². The van der Waals surface area contributed by atoms with Crippen LogP contribution in [0.15, 0.2) is 54.6 Å². The Morgan fingerprint density at radius 1 is 0.912 bits per heavy atom. The molecule has 0 aliphatic heterocycles. The second kappa shape index (κ2) is 10.1. The first-order chi connectivity index (χ1) is 16.2. The van der Waals surface area contributed by atoms with Gasteiger partial charge in [-0.15, -0.1) is 11.3 Å². The number of benzene rings is 2. The molecule has 1 aliphatic carbocycles. The van der Waals surface area contributed by atoms with E-state index in [0.29, 0.717) is 11.6 Å². The maximum atomic E-state index is 13.5. The van der Waals surface area contributed by atoms with E-state index in [-0.39, 0.29) is 22.7 Å². The van der Waals surface area contributed by atoms with E-state index < -0.39 is 5.97 Å². The van der Waals surface area contributed by atoms with Crippen LogP contribution in [0.25, 0.3) is 21.6 Å². The number of hydrogen-bond donors (Lipinski definition) is 1. The van der Waals surface area contributed by atoms with Gasteiger partial charge in [-0.3, -0.25) is 4.79 Å². The molecule has 5 heteroatoms. The number of aryl methyl sites for hydroxylation is 1. The van der Waals surface area contributed by atoms with Crippen LogP contribution >= 0.6 is 11.3 Å². The van der Waals surface area contributed by atoms with Crippen LogP contribution in [0.3, 0.4) is 0 Å². The van der Waals surface area contributed by atoms with Crippen LogP contribution in [0.5, 0.6) is 0 Å². The average Bonchev–Trinajstić information content (AvgIpc) is 3.25. The van der Waals surface area contributed by atoms with Crippen molar-refractivity contribution in [1.82, 2.24) is 0 Å². The van der Waals surface area contributed by atoms with Crippen molar-refractivity contribution in [3.8, 4) is 21.6 Å². The lowest BCUT2D eigenvalue weighted by Gasteiger charge is -2.33. The first-order valence-corrected chi connectivity index (χ1v) is 12.9. The number of carbonyl (C=O) groups is 2. The SMILES string of the molecule is Cc1ccc(-c2ccc(-c3cc(N(C(=O)C4CCC(C)CC4)C(C)C)c(C(=O)O)s3)cc2)cc1. The number of rotatable bonds is 6. The predicted molar refractivity (Wildman–Crippen MR) is 141 cm³/mol. The van der Waals surface area contributed by atoms with Crippen molar-refractivity contribution in [2.45, 2.75) is 59.4 Å². The number of anilines is 1. The average molecular weight is 476 g/mol. The Kier molecular flexibility index (Phi) is 7.22. The molecular weight excluding hydrogens is 442 g/mol. The Labute approximate surface area is 206 Å². The summed E-state index contributed by atoms with van der Waals surface area (Å²) in [5, 5.41) is 9.97.